The maximum absolute atomic E-state index is 11.1. The lowest BCUT2D eigenvalue weighted by Crippen LogP contribution is -2.16. The van der Waals surface area contributed by atoms with Crippen LogP contribution in [0, 0.1) is 0 Å². The van der Waals surface area contributed by atoms with Crippen LogP contribution in [0.3, 0.4) is 0 Å². The molecule has 0 radical (unpaired) electrons. The SMILES string of the molecule is COCC(=O)Nc1nnc(SCC(=O)O)s1. The molecule has 1 heterocycles. The molecule has 1 aromatic heterocycles. The highest BCUT2D eigenvalue weighted by atomic mass is 32.2. The molecule has 0 unspecified atom stereocenters. The van der Waals surface area contributed by atoms with Crippen molar-refractivity contribution >= 4 is 40.1 Å². The Morgan fingerprint density at radius 3 is 2.94 bits per heavy atom. The minimum Gasteiger partial charge on any atom is -0.481 e. The third-order valence-corrected chi connectivity index (χ3v) is 3.20. The summed E-state index contributed by atoms with van der Waals surface area (Å²) in [6.45, 7) is -0.0584. The van der Waals surface area contributed by atoms with Crippen LogP contribution >= 0.6 is 23.1 Å². The summed E-state index contributed by atoms with van der Waals surface area (Å²) in [5, 5.41) is 18.6. The van der Waals surface area contributed by atoms with E-state index in [1.807, 2.05) is 0 Å². The van der Waals surface area contributed by atoms with Crippen molar-refractivity contribution < 1.29 is 19.4 Å². The zero-order valence-electron chi connectivity index (χ0n) is 8.30. The van der Waals surface area contributed by atoms with Crippen molar-refractivity contribution in [3.8, 4) is 0 Å². The zero-order valence-corrected chi connectivity index (χ0v) is 9.93. The third kappa shape index (κ3) is 4.55. The van der Waals surface area contributed by atoms with Crippen LogP contribution in [0.5, 0.6) is 0 Å². The molecule has 0 spiro atoms. The van der Waals surface area contributed by atoms with Crippen molar-refractivity contribution in [2.45, 2.75) is 4.34 Å². The van der Waals surface area contributed by atoms with Crippen LogP contribution in [0.2, 0.25) is 0 Å². The number of anilines is 1. The molecule has 16 heavy (non-hydrogen) atoms. The number of methoxy groups -OCH3 is 1. The van der Waals surface area contributed by atoms with E-state index in [9.17, 15) is 9.59 Å². The Bertz CT molecular complexity index is 381. The molecule has 0 aliphatic rings. The second-order valence-electron chi connectivity index (χ2n) is 2.54. The van der Waals surface area contributed by atoms with Crippen molar-refractivity contribution in [2.75, 3.05) is 24.8 Å². The molecule has 0 saturated carbocycles. The average molecular weight is 263 g/mol. The molecule has 0 aromatic carbocycles. The molecule has 7 nitrogen and oxygen atoms in total. The highest BCUT2D eigenvalue weighted by Crippen LogP contribution is 2.24. The van der Waals surface area contributed by atoms with E-state index in [1.54, 1.807) is 0 Å². The second-order valence-corrected chi connectivity index (χ2v) is 4.74. The van der Waals surface area contributed by atoms with Gasteiger partial charge in [0.15, 0.2) is 4.34 Å². The fraction of sp³-hybridized carbons (Fsp3) is 0.429. The Hall–Kier alpha value is -1.19. The maximum atomic E-state index is 11.1. The van der Waals surface area contributed by atoms with Crippen molar-refractivity contribution in [1.82, 2.24) is 10.2 Å². The van der Waals surface area contributed by atoms with Gasteiger partial charge >= 0.3 is 5.97 Å². The van der Waals surface area contributed by atoms with Gasteiger partial charge in [-0.3, -0.25) is 14.9 Å². The van der Waals surface area contributed by atoms with Gasteiger partial charge in [0, 0.05) is 7.11 Å². The molecule has 1 rings (SSSR count). The molecule has 9 heteroatoms. The first kappa shape index (κ1) is 12.9. The Morgan fingerprint density at radius 1 is 1.56 bits per heavy atom. The van der Waals surface area contributed by atoms with Crippen molar-refractivity contribution in [2.24, 2.45) is 0 Å². The predicted molar refractivity (Wildman–Crippen MR) is 58.8 cm³/mol. The van der Waals surface area contributed by atoms with E-state index in [0.29, 0.717) is 9.47 Å². The number of carboxylic acids is 1. The highest BCUT2D eigenvalue weighted by Gasteiger charge is 2.09. The lowest BCUT2D eigenvalue weighted by atomic mass is 10.6. The predicted octanol–water partition coefficient (Wildman–Crippen LogP) is 0.300. The van der Waals surface area contributed by atoms with Crippen LogP contribution in [0.25, 0.3) is 0 Å². The monoisotopic (exact) mass is 263 g/mol. The quantitative estimate of drug-likeness (QED) is 0.562. The molecule has 0 fully saturated rings. The summed E-state index contributed by atoms with van der Waals surface area (Å²) in [7, 11) is 1.41. The van der Waals surface area contributed by atoms with E-state index >= 15 is 0 Å². The molecule has 0 bridgehead atoms. The normalized spacial score (nSPS) is 10.1. The van der Waals surface area contributed by atoms with E-state index in [1.165, 1.54) is 7.11 Å². The van der Waals surface area contributed by atoms with Gasteiger partial charge in [-0.1, -0.05) is 23.1 Å². The third-order valence-electron chi connectivity index (χ3n) is 1.25. The standard InChI is InChI=1S/C7H9N3O4S2/c1-14-2-4(11)8-6-9-10-7(16-6)15-3-5(12)13/h2-3H2,1H3,(H,12,13)(H,8,9,11). The number of carbonyl (C=O) groups excluding carboxylic acids is 1. The lowest BCUT2D eigenvalue weighted by molar-refractivity contribution is -0.133. The fourth-order valence-electron chi connectivity index (χ4n) is 0.729. The molecule has 88 valence electrons. The number of hydrogen-bond acceptors (Lipinski definition) is 7. The zero-order chi connectivity index (χ0) is 12.0. The summed E-state index contributed by atoms with van der Waals surface area (Å²) in [6, 6.07) is 0. The van der Waals surface area contributed by atoms with Gasteiger partial charge in [-0.2, -0.15) is 0 Å². The Balaban J connectivity index is 2.45. The molecule has 0 aliphatic heterocycles. The van der Waals surface area contributed by atoms with Gasteiger partial charge in [-0.15, -0.1) is 10.2 Å². The summed E-state index contributed by atoms with van der Waals surface area (Å²) in [5.74, 6) is -1.33. The maximum Gasteiger partial charge on any atom is 0.313 e. The minimum atomic E-state index is -0.926. The smallest absolute Gasteiger partial charge is 0.313 e. The molecule has 0 saturated heterocycles. The van der Waals surface area contributed by atoms with E-state index in [4.69, 9.17) is 5.11 Å². The van der Waals surface area contributed by atoms with Gasteiger partial charge in [0.25, 0.3) is 5.91 Å². The molecule has 1 amide bonds. The van der Waals surface area contributed by atoms with E-state index < -0.39 is 5.97 Å². The second kappa shape index (κ2) is 6.40. The van der Waals surface area contributed by atoms with E-state index in [0.717, 1.165) is 23.1 Å². The van der Waals surface area contributed by atoms with Crippen LogP contribution in [0.1, 0.15) is 0 Å². The lowest BCUT2D eigenvalue weighted by Gasteiger charge is -1.97. The Labute approximate surface area is 99.2 Å². The number of rotatable bonds is 6. The number of ether oxygens (including phenoxy) is 1. The summed E-state index contributed by atoms with van der Waals surface area (Å²) in [4.78, 5) is 21.4. The van der Waals surface area contributed by atoms with E-state index in [-0.39, 0.29) is 18.3 Å². The first-order valence-corrected chi connectivity index (χ1v) is 5.89. The number of aliphatic carboxylic acids is 1. The Morgan fingerprint density at radius 2 is 2.31 bits per heavy atom. The van der Waals surface area contributed by atoms with Gasteiger partial charge in [0.05, 0.1) is 5.75 Å². The number of carbonyl (C=O) groups is 2. The van der Waals surface area contributed by atoms with Crippen LogP contribution < -0.4 is 5.32 Å². The molecule has 2 N–H and O–H groups in total. The first-order valence-electron chi connectivity index (χ1n) is 4.08. The largest absolute Gasteiger partial charge is 0.481 e. The number of hydrogen-bond donors (Lipinski definition) is 2. The summed E-state index contributed by atoms with van der Waals surface area (Å²) >= 11 is 2.17. The molecule has 0 atom stereocenters. The molecule has 0 aliphatic carbocycles. The van der Waals surface area contributed by atoms with Crippen molar-refractivity contribution in [3.05, 3.63) is 0 Å². The van der Waals surface area contributed by atoms with Gasteiger partial charge < -0.3 is 9.84 Å². The first-order chi connectivity index (χ1) is 7.61. The summed E-state index contributed by atoms with van der Waals surface area (Å²) in [6.07, 6.45) is 0. The van der Waals surface area contributed by atoms with Crippen LogP contribution in [0.4, 0.5) is 5.13 Å². The number of carboxylic acid groups (broad SMARTS) is 1. The summed E-state index contributed by atoms with van der Waals surface area (Å²) in [5.41, 5.74) is 0. The fourth-order valence-corrected chi connectivity index (χ4v) is 2.22. The number of aromatic nitrogens is 2. The van der Waals surface area contributed by atoms with Crippen LogP contribution in [-0.4, -0.2) is 46.6 Å². The molecular weight excluding hydrogens is 254 g/mol. The van der Waals surface area contributed by atoms with E-state index in [2.05, 4.69) is 20.3 Å². The van der Waals surface area contributed by atoms with Gasteiger partial charge in [0.1, 0.15) is 6.61 Å². The molecular formula is C7H9N3O4S2. The number of nitrogens with one attached hydrogen (secondary N) is 1. The summed E-state index contributed by atoms with van der Waals surface area (Å²) < 4.78 is 5.12. The van der Waals surface area contributed by atoms with Crippen molar-refractivity contribution in [1.29, 1.82) is 0 Å². The van der Waals surface area contributed by atoms with Gasteiger partial charge in [-0.25, -0.2) is 0 Å². The number of nitrogens with zero attached hydrogens (tertiary/aromatic N) is 2. The highest BCUT2D eigenvalue weighted by molar-refractivity contribution is 8.01. The van der Waals surface area contributed by atoms with Crippen LogP contribution in [-0.2, 0) is 14.3 Å². The van der Waals surface area contributed by atoms with Crippen LogP contribution in [0.15, 0.2) is 4.34 Å². The van der Waals surface area contributed by atoms with Crippen molar-refractivity contribution in [3.63, 3.8) is 0 Å². The van der Waals surface area contributed by atoms with Gasteiger partial charge in [-0.05, 0) is 0 Å². The number of thioether (sulfide) groups is 1. The minimum absolute atomic E-state index is 0.0584. The topological polar surface area (TPSA) is 101 Å². The number of amides is 1. The molecule has 1 aromatic rings. The Kier molecular flexibility index (Phi) is 5.15. The average Bonchev–Trinajstić information content (AvgIpc) is 2.63. The van der Waals surface area contributed by atoms with Gasteiger partial charge in [0.2, 0.25) is 5.13 Å².